The Labute approximate surface area is 187 Å². The summed E-state index contributed by atoms with van der Waals surface area (Å²) < 4.78 is 0. The SMILES string of the molecule is CC(C)(O)[C@H]1CCN1c1nc(NC2CCCNC2)c(-c2ccc3ccccc3n2)c(=O)[nH]1. The zero-order chi connectivity index (χ0) is 22.3. The molecule has 4 heterocycles. The van der Waals surface area contributed by atoms with Gasteiger partial charge in [-0.1, -0.05) is 24.3 Å². The highest BCUT2D eigenvalue weighted by Gasteiger charge is 2.40. The van der Waals surface area contributed by atoms with E-state index in [1.54, 1.807) is 13.8 Å². The Morgan fingerprint density at radius 2 is 2.00 bits per heavy atom. The van der Waals surface area contributed by atoms with Gasteiger partial charge in [-0.2, -0.15) is 4.98 Å². The summed E-state index contributed by atoms with van der Waals surface area (Å²) in [5.74, 6) is 1.03. The zero-order valence-corrected chi connectivity index (χ0v) is 18.6. The van der Waals surface area contributed by atoms with Gasteiger partial charge < -0.3 is 20.6 Å². The van der Waals surface area contributed by atoms with Gasteiger partial charge in [0, 0.05) is 24.5 Å². The third-order valence-electron chi connectivity index (χ3n) is 6.51. The number of rotatable bonds is 5. The van der Waals surface area contributed by atoms with Gasteiger partial charge in [-0.3, -0.25) is 9.78 Å². The van der Waals surface area contributed by atoms with E-state index in [-0.39, 0.29) is 17.6 Å². The van der Waals surface area contributed by atoms with Crippen LogP contribution < -0.4 is 21.1 Å². The Hall–Kier alpha value is -2.97. The Bertz CT molecular complexity index is 1180. The third kappa shape index (κ3) is 3.96. The molecule has 2 aromatic heterocycles. The second-order valence-corrected chi connectivity index (χ2v) is 9.34. The average Bonchev–Trinajstić information content (AvgIpc) is 2.72. The molecular weight excluding hydrogens is 404 g/mol. The number of benzene rings is 1. The van der Waals surface area contributed by atoms with Crippen LogP contribution in [0, 0.1) is 0 Å². The summed E-state index contributed by atoms with van der Waals surface area (Å²) in [5.41, 5.74) is 0.772. The van der Waals surface area contributed by atoms with Crippen LogP contribution >= 0.6 is 0 Å². The minimum Gasteiger partial charge on any atom is -0.388 e. The largest absolute Gasteiger partial charge is 0.388 e. The molecule has 2 aliphatic rings. The number of hydrogen-bond donors (Lipinski definition) is 4. The van der Waals surface area contributed by atoms with E-state index in [4.69, 9.17) is 9.97 Å². The number of aromatic nitrogens is 3. The number of nitrogens with zero attached hydrogens (tertiary/aromatic N) is 3. The summed E-state index contributed by atoms with van der Waals surface area (Å²) in [6.07, 6.45) is 2.94. The monoisotopic (exact) mass is 434 g/mol. The smallest absolute Gasteiger partial charge is 0.263 e. The lowest BCUT2D eigenvalue weighted by atomic mass is 9.88. The molecule has 0 bridgehead atoms. The van der Waals surface area contributed by atoms with E-state index in [2.05, 4.69) is 15.6 Å². The van der Waals surface area contributed by atoms with Crippen LogP contribution in [-0.2, 0) is 0 Å². The Morgan fingerprint density at radius 1 is 1.16 bits per heavy atom. The number of piperidine rings is 1. The van der Waals surface area contributed by atoms with Crippen LogP contribution in [0.3, 0.4) is 0 Å². The highest BCUT2D eigenvalue weighted by molar-refractivity contribution is 5.83. The highest BCUT2D eigenvalue weighted by atomic mass is 16.3. The van der Waals surface area contributed by atoms with Crippen molar-refractivity contribution in [3.63, 3.8) is 0 Å². The van der Waals surface area contributed by atoms with Gasteiger partial charge in [0.15, 0.2) is 0 Å². The molecule has 5 rings (SSSR count). The summed E-state index contributed by atoms with van der Waals surface area (Å²) in [6, 6.07) is 11.8. The fraction of sp³-hybridized carbons (Fsp3) is 0.458. The maximum Gasteiger partial charge on any atom is 0.263 e. The average molecular weight is 435 g/mol. The molecule has 0 spiro atoms. The molecule has 0 amide bonds. The van der Waals surface area contributed by atoms with E-state index in [0.717, 1.165) is 49.8 Å². The second kappa shape index (κ2) is 8.18. The van der Waals surface area contributed by atoms with Gasteiger partial charge in [0.25, 0.3) is 5.56 Å². The normalized spacial score (nSPS) is 21.4. The quantitative estimate of drug-likeness (QED) is 0.489. The summed E-state index contributed by atoms with van der Waals surface area (Å²) in [6.45, 7) is 6.16. The maximum atomic E-state index is 13.4. The first kappa shape index (κ1) is 20.9. The minimum absolute atomic E-state index is 0.0838. The number of para-hydroxylation sites is 1. The molecule has 2 fully saturated rings. The molecular formula is C24H30N6O2. The Balaban J connectivity index is 1.59. The fourth-order valence-corrected chi connectivity index (χ4v) is 4.69. The van der Waals surface area contributed by atoms with Crippen LogP contribution in [-0.4, -0.2) is 57.4 Å². The lowest BCUT2D eigenvalue weighted by Crippen LogP contribution is -2.59. The summed E-state index contributed by atoms with van der Waals surface area (Å²) >= 11 is 0. The molecule has 1 aromatic carbocycles. The second-order valence-electron chi connectivity index (χ2n) is 9.34. The molecule has 2 aliphatic heterocycles. The molecule has 32 heavy (non-hydrogen) atoms. The molecule has 0 saturated carbocycles. The predicted molar refractivity (Wildman–Crippen MR) is 127 cm³/mol. The molecule has 0 radical (unpaired) electrons. The van der Waals surface area contributed by atoms with Crippen LogP contribution in [0.4, 0.5) is 11.8 Å². The summed E-state index contributed by atoms with van der Waals surface area (Å²) in [7, 11) is 0. The molecule has 0 aliphatic carbocycles. The van der Waals surface area contributed by atoms with E-state index >= 15 is 0 Å². The molecule has 8 heteroatoms. The number of nitrogens with one attached hydrogen (secondary N) is 3. The van der Waals surface area contributed by atoms with Crippen LogP contribution in [0.15, 0.2) is 41.2 Å². The van der Waals surface area contributed by atoms with Gasteiger partial charge in [-0.15, -0.1) is 0 Å². The fourth-order valence-electron chi connectivity index (χ4n) is 4.69. The summed E-state index contributed by atoms with van der Waals surface area (Å²) in [4.78, 5) is 27.9. The Kier molecular flexibility index (Phi) is 5.35. The minimum atomic E-state index is -0.879. The number of aliphatic hydroxyl groups is 1. The number of fused-ring (bicyclic) bond motifs is 1. The van der Waals surface area contributed by atoms with Crippen LogP contribution in [0.5, 0.6) is 0 Å². The van der Waals surface area contributed by atoms with Crippen molar-refractivity contribution in [3.8, 4) is 11.3 Å². The number of anilines is 2. The lowest BCUT2D eigenvalue weighted by molar-refractivity contribution is 0.0286. The third-order valence-corrected chi connectivity index (χ3v) is 6.51. The first-order valence-electron chi connectivity index (χ1n) is 11.4. The van der Waals surface area contributed by atoms with Gasteiger partial charge in [-0.25, -0.2) is 4.98 Å². The Morgan fingerprint density at radius 3 is 2.72 bits per heavy atom. The summed E-state index contributed by atoms with van der Waals surface area (Å²) in [5, 5.41) is 18.4. The maximum absolute atomic E-state index is 13.4. The lowest BCUT2D eigenvalue weighted by Gasteiger charge is -2.47. The van der Waals surface area contributed by atoms with E-state index < -0.39 is 5.60 Å². The van der Waals surface area contributed by atoms with Gasteiger partial charge in [0.05, 0.1) is 22.9 Å². The van der Waals surface area contributed by atoms with Crippen LogP contribution in [0.1, 0.15) is 33.1 Å². The van der Waals surface area contributed by atoms with Crippen molar-refractivity contribution >= 4 is 22.7 Å². The highest BCUT2D eigenvalue weighted by Crippen LogP contribution is 2.33. The topological polar surface area (TPSA) is 106 Å². The van der Waals surface area contributed by atoms with Crippen molar-refractivity contribution < 1.29 is 5.11 Å². The number of pyridine rings is 1. The van der Waals surface area contributed by atoms with Crippen molar-refractivity contribution in [2.75, 3.05) is 29.9 Å². The van der Waals surface area contributed by atoms with Crippen molar-refractivity contribution in [1.29, 1.82) is 0 Å². The number of hydrogen-bond acceptors (Lipinski definition) is 7. The molecule has 2 saturated heterocycles. The van der Waals surface area contributed by atoms with Gasteiger partial charge in [-0.05, 0) is 51.8 Å². The molecule has 8 nitrogen and oxygen atoms in total. The van der Waals surface area contributed by atoms with E-state index in [1.807, 2.05) is 41.3 Å². The van der Waals surface area contributed by atoms with Crippen LogP contribution in [0.25, 0.3) is 22.2 Å². The number of aromatic amines is 1. The van der Waals surface area contributed by atoms with E-state index in [0.29, 0.717) is 23.0 Å². The van der Waals surface area contributed by atoms with Gasteiger partial charge >= 0.3 is 0 Å². The van der Waals surface area contributed by atoms with Crippen molar-refractivity contribution in [3.05, 3.63) is 46.8 Å². The molecule has 2 atom stereocenters. The first-order chi connectivity index (χ1) is 15.4. The molecule has 4 N–H and O–H groups in total. The van der Waals surface area contributed by atoms with Crippen molar-refractivity contribution in [2.24, 2.45) is 0 Å². The molecule has 168 valence electrons. The van der Waals surface area contributed by atoms with Crippen molar-refractivity contribution in [1.82, 2.24) is 20.3 Å². The van der Waals surface area contributed by atoms with E-state index in [1.165, 1.54) is 0 Å². The predicted octanol–water partition coefficient (Wildman–Crippen LogP) is 2.50. The number of H-pyrrole nitrogens is 1. The van der Waals surface area contributed by atoms with E-state index in [9.17, 15) is 9.90 Å². The molecule has 1 unspecified atom stereocenters. The molecule has 3 aromatic rings. The first-order valence-corrected chi connectivity index (χ1v) is 11.4. The standard InChI is InChI=1S/C24H30N6O2/c1-24(2,32)19-11-13-30(19)23-28-21(26-16-7-5-12-25-14-16)20(22(31)29-23)18-10-9-15-6-3-4-8-17(15)27-18/h3-4,6,8-10,16,19,25,32H,5,7,11-14H2,1-2H3,(H2,26,28,29,31)/t16?,19-/m1/s1. The van der Waals surface area contributed by atoms with Gasteiger partial charge in [0.1, 0.15) is 11.4 Å². The van der Waals surface area contributed by atoms with Crippen molar-refractivity contribution in [2.45, 2.75) is 50.8 Å². The zero-order valence-electron chi connectivity index (χ0n) is 18.6. The van der Waals surface area contributed by atoms with Crippen LogP contribution in [0.2, 0.25) is 0 Å². The van der Waals surface area contributed by atoms with Gasteiger partial charge in [0.2, 0.25) is 5.95 Å².